The van der Waals surface area contributed by atoms with Crippen LogP contribution in [0.3, 0.4) is 0 Å². The number of hydrogen-bond donors (Lipinski definition) is 4. The third-order valence-corrected chi connectivity index (χ3v) is 16.2. The highest BCUT2D eigenvalue weighted by molar-refractivity contribution is 6.32. The van der Waals surface area contributed by atoms with Crippen molar-refractivity contribution >= 4 is 35.6 Å². The van der Waals surface area contributed by atoms with E-state index in [2.05, 4.69) is 52.6 Å². The number of amides is 4. The molecule has 2 aromatic heterocycles. The van der Waals surface area contributed by atoms with E-state index in [1.807, 2.05) is 43.6 Å². The average Bonchev–Trinajstić information content (AvgIpc) is 4.00. The Labute approximate surface area is 401 Å². The fourth-order valence-corrected chi connectivity index (χ4v) is 11.4. The molecule has 0 unspecified atom stereocenters. The number of aromatic nitrogens is 4. The molecule has 362 valence electrons. The smallest absolute Gasteiger partial charge is 0.407 e. The van der Waals surface area contributed by atoms with Crippen LogP contribution in [0.15, 0.2) is 24.3 Å². The Bertz CT molecular complexity index is 2640. The number of benzene rings is 2. The van der Waals surface area contributed by atoms with Crippen LogP contribution < -0.4 is 20.1 Å². The van der Waals surface area contributed by atoms with Crippen LogP contribution in [0.1, 0.15) is 139 Å². The van der Waals surface area contributed by atoms with Crippen molar-refractivity contribution in [2.24, 2.45) is 22.7 Å². The van der Waals surface area contributed by atoms with Crippen molar-refractivity contribution in [3.8, 4) is 45.1 Å². The monoisotopic (exact) mass is 950 g/mol. The predicted molar refractivity (Wildman–Crippen MR) is 254 cm³/mol. The van der Waals surface area contributed by atoms with E-state index in [9.17, 15) is 19.2 Å². The van der Waals surface area contributed by atoms with Gasteiger partial charge in [0.1, 0.15) is 48.4 Å². The first kappa shape index (κ1) is 46.0. The number of nitrogens with one attached hydrogen (secondary N) is 4. The second kappa shape index (κ2) is 17.3. The minimum Gasteiger partial charge on any atom is -0.488 e. The molecule has 68 heavy (non-hydrogen) atoms. The van der Waals surface area contributed by atoms with Crippen molar-refractivity contribution in [1.82, 2.24) is 40.4 Å². The lowest BCUT2D eigenvalue weighted by atomic mass is 9.87. The molecule has 2 spiro atoms. The summed E-state index contributed by atoms with van der Waals surface area (Å²) in [6.07, 6.45) is 5.92. The lowest BCUT2D eigenvalue weighted by Gasteiger charge is -2.31. The molecule has 10 rings (SSSR count). The van der Waals surface area contributed by atoms with Gasteiger partial charge in [-0.25, -0.2) is 19.6 Å². The highest BCUT2D eigenvalue weighted by atomic mass is 35.5. The number of H-pyrrole nitrogens is 2. The number of imidazole rings is 2. The fourth-order valence-electron chi connectivity index (χ4n) is 11.1. The summed E-state index contributed by atoms with van der Waals surface area (Å²) in [5.74, 6) is 2.45. The SMILES string of the molecule is CC[C@H](C)[C@H](NC(=O)OC)C(=O)N1CC2(CC2)C[C@H]1c1nc(Cl)c(-c2cc3c4c(c2)OCc2cc(-c5[nH]c([C@@H]6CC7(CC7)CN6C(=O)[C@@H](NC(=O)OC)[C@@H](C)CC)nc5C(C)C)cc(c2-4)OC3)[nH]1. The number of ether oxygens (including phenoxy) is 4. The Balaban J connectivity index is 0.943. The fraction of sp³-hybridized carbons (Fsp3) is 0.569. The summed E-state index contributed by atoms with van der Waals surface area (Å²) in [6, 6.07) is 6.25. The summed E-state index contributed by atoms with van der Waals surface area (Å²) in [6.45, 7) is 14.0. The Kier molecular flexibility index (Phi) is 11.7. The van der Waals surface area contributed by atoms with Gasteiger partial charge >= 0.3 is 12.2 Å². The van der Waals surface area contributed by atoms with Crippen LogP contribution in [0, 0.1) is 22.7 Å². The van der Waals surface area contributed by atoms with Crippen LogP contribution in [0.2, 0.25) is 5.15 Å². The number of aromatic amines is 2. The standard InChI is InChI=1S/C51H63ClN8O8/c1-9-26(5)39(56-48(63)65-7)46(61)59-23-50(11-12-50)19-32(59)44-53-38(25(3)4)41(54-44)28-15-30-21-68-35-18-29(16-31-22-67-34(17-28)36(30)37(31)35)42-43(52)58-45(55-42)33-20-51(13-14-51)24-60(33)47(62)40(27(6)10-2)57-49(64)66-8/h15-18,25-27,32-33,39-40H,9-14,19-24H2,1-8H3,(H,53,54)(H,55,58)(H,56,63)(H,57,64)/t26-,27-,32-,33-,39-,40-/m0/s1. The maximum Gasteiger partial charge on any atom is 0.407 e. The van der Waals surface area contributed by atoms with Gasteiger partial charge in [-0.05, 0) is 91.4 Å². The van der Waals surface area contributed by atoms with Gasteiger partial charge in [-0.3, -0.25) is 9.59 Å². The first-order chi connectivity index (χ1) is 32.6. The van der Waals surface area contributed by atoms with Gasteiger partial charge in [0.2, 0.25) is 11.8 Å². The van der Waals surface area contributed by atoms with E-state index < -0.39 is 24.3 Å². The lowest BCUT2D eigenvalue weighted by Crippen LogP contribution is -2.51. The molecule has 4 amide bonds. The number of nitrogens with zero attached hydrogens (tertiary/aromatic N) is 4. The molecule has 6 atom stereocenters. The van der Waals surface area contributed by atoms with Crippen molar-refractivity contribution in [2.75, 3.05) is 27.3 Å². The van der Waals surface area contributed by atoms with Gasteiger partial charge in [0, 0.05) is 46.5 Å². The summed E-state index contributed by atoms with van der Waals surface area (Å²) in [4.78, 5) is 74.6. The normalized spacial score (nSPS) is 21.7. The molecule has 0 bridgehead atoms. The molecule has 2 aromatic carbocycles. The molecular formula is C51H63ClN8O8. The first-order valence-electron chi connectivity index (χ1n) is 24.3. The molecule has 4 fully saturated rings. The van der Waals surface area contributed by atoms with E-state index in [1.54, 1.807) is 0 Å². The third-order valence-electron chi connectivity index (χ3n) is 15.9. The van der Waals surface area contributed by atoms with Crippen LogP contribution in [-0.2, 0) is 32.3 Å². The summed E-state index contributed by atoms with van der Waals surface area (Å²) in [7, 11) is 2.62. The van der Waals surface area contributed by atoms with E-state index in [1.165, 1.54) is 14.2 Å². The zero-order chi connectivity index (χ0) is 48.0. The average molecular weight is 952 g/mol. The maximum atomic E-state index is 14.4. The van der Waals surface area contributed by atoms with Crippen molar-refractivity contribution in [1.29, 1.82) is 0 Å². The molecule has 17 heteroatoms. The quantitative estimate of drug-likeness (QED) is 0.100. The predicted octanol–water partition coefficient (Wildman–Crippen LogP) is 9.34. The summed E-state index contributed by atoms with van der Waals surface area (Å²) >= 11 is 6.98. The highest BCUT2D eigenvalue weighted by Crippen LogP contribution is 2.60. The van der Waals surface area contributed by atoms with Crippen molar-refractivity contribution in [3.63, 3.8) is 0 Å². The second-order valence-electron chi connectivity index (χ2n) is 20.8. The minimum atomic E-state index is -0.737. The molecule has 2 saturated carbocycles. The van der Waals surface area contributed by atoms with Crippen LogP contribution in [0.4, 0.5) is 9.59 Å². The van der Waals surface area contributed by atoms with Crippen molar-refractivity contribution in [3.05, 3.63) is 57.9 Å². The third kappa shape index (κ3) is 8.03. The molecule has 6 aliphatic rings. The molecule has 4 aliphatic heterocycles. The Morgan fingerprint density at radius 1 is 0.721 bits per heavy atom. The van der Waals surface area contributed by atoms with E-state index in [0.717, 1.165) is 107 Å². The maximum absolute atomic E-state index is 14.4. The second-order valence-corrected chi connectivity index (χ2v) is 21.1. The first-order valence-corrected chi connectivity index (χ1v) is 24.7. The molecule has 6 heterocycles. The van der Waals surface area contributed by atoms with Gasteiger partial charge in [0.15, 0.2) is 5.15 Å². The molecule has 4 aromatic rings. The molecular weight excluding hydrogens is 888 g/mol. The van der Waals surface area contributed by atoms with E-state index >= 15 is 0 Å². The number of halogens is 1. The molecule has 4 N–H and O–H groups in total. The van der Waals surface area contributed by atoms with Crippen molar-refractivity contribution in [2.45, 2.75) is 136 Å². The van der Waals surface area contributed by atoms with Crippen molar-refractivity contribution < 1.29 is 38.1 Å². The highest BCUT2D eigenvalue weighted by Gasteiger charge is 2.57. The number of hydrogen-bond acceptors (Lipinski definition) is 10. The van der Waals surface area contributed by atoms with Gasteiger partial charge in [-0.2, -0.15) is 0 Å². The number of methoxy groups -OCH3 is 2. The topological polar surface area (TPSA) is 193 Å². The van der Waals surface area contributed by atoms with E-state index in [-0.39, 0.29) is 52.5 Å². The zero-order valence-corrected chi connectivity index (χ0v) is 41.0. The van der Waals surface area contributed by atoms with E-state index in [4.69, 9.17) is 40.5 Å². The number of carbonyl (C=O) groups is 4. The Morgan fingerprint density at radius 2 is 1.16 bits per heavy atom. The van der Waals surface area contributed by atoms with Gasteiger partial charge in [-0.1, -0.05) is 66.0 Å². The van der Waals surface area contributed by atoms with Gasteiger partial charge in [-0.15, -0.1) is 0 Å². The van der Waals surface area contributed by atoms with Gasteiger partial charge in [0.05, 0.1) is 43.4 Å². The summed E-state index contributed by atoms with van der Waals surface area (Å²) in [5, 5.41) is 5.93. The summed E-state index contributed by atoms with van der Waals surface area (Å²) in [5.41, 5.74) is 8.16. The molecule has 2 aliphatic carbocycles. The van der Waals surface area contributed by atoms with Crippen LogP contribution >= 0.6 is 11.6 Å². The molecule has 2 saturated heterocycles. The van der Waals surface area contributed by atoms with Crippen LogP contribution in [-0.4, -0.2) is 93.1 Å². The van der Waals surface area contributed by atoms with E-state index in [0.29, 0.717) is 49.4 Å². The van der Waals surface area contributed by atoms with Crippen LogP contribution in [0.25, 0.3) is 33.6 Å². The van der Waals surface area contributed by atoms with Gasteiger partial charge < -0.3 is 49.3 Å². The number of carbonyl (C=O) groups excluding carboxylic acids is 4. The zero-order valence-electron chi connectivity index (χ0n) is 40.3. The summed E-state index contributed by atoms with van der Waals surface area (Å²) < 4.78 is 23.0. The Hall–Kier alpha value is -5.77. The van der Waals surface area contributed by atoms with Crippen LogP contribution in [0.5, 0.6) is 11.5 Å². The number of likely N-dealkylation sites (tertiary alicyclic amines) is 2. The lowest BCUT2D eigenvalue weighted by molar-refractivity contribution is -0.136. The number of alkyl carbamates (subject to hydrolysis) is 2. The van der Waals surface area contributed by atoms with Gasteiger partial charge in [0.25, 0.3) is 0 Å². The Morgan fingerprint density at radius 3 is 1.59 bits per heavy atom. The number of rotatable bonds is 13. The molecule has 0 radical (unpaired) electrons. The minimum absolute atomic E-state index is 0.0346. The molecule has 16 nitrogen and oxygen atoms in total. The largest absolute Gasteiger partial charge is 0.488 e.